The van der Waals surface area contributed by atoms with Gasteiger partial charge in [-0.25, -0.2) is 4.79 Å². The quantitative estimate of drug-likeness (QED) is 0.619. The second kappa shape index (κ2) is 5.81. The van der Waals surface area contributed by atoms with Gasteiger partial charge in [0.15, 0.2) is 0 Å². The van der Waals surface area contributed by atoms with Crippen LogP contribution in [-0.2, 0) is 9.59 Å². The summed E-state index contributed by atoms with van der Waals surface area (Å²) < 4.78 is 0. The molecule has 7 heteroatoms. The van der Waals surface area contributed by atoms with Crippen molar-refractivity contribution in [3.8, 4) is 0 Å². The van der Waals surface area contributed by atoms with Crippen LogP contribution in [0.3, 0.4) is 0 Å². The molecule has 2 N–H and O–H groups in total. The van der Waals surface area contributed by atoms with Gasteiger partial charge in [-0.2, -0.15) is 0 Å². The zero-order valence-electron chi connectivity index (χ0n) is 10.8. The van der Waals surface area contributed by atoms with E-state index in [2.05, 4.69) is 5.32 Å². The summed E-state index contributed by atoms with van der Waals surface area (Å²) in [6.07, 6.45) is 0. The highest BCUT2D eigenvalue weighted by atomic mass is 16.3. The lowest BCUT2D eigenvalue weighted by Crippen LogP contribution is -2.45. The number of carbonyl (C=O) groups is 3. The first-order valence-electron chi connectivity index (χ1n) is 5.82. The predicted octanol–water partition coefficient (Wildman–Crippen LogP) is -0.986. The van der Waals surface area contributed by atoms with Gasteiger partial charge in [-0.1, -0.05) is 6.92 Å². The van der Waals surface area contributed by atoms with Crippen molar-refractivity contribution in [3.05, 3.63) is 0 Å². The maximum atomic E-state index is 11.7. The van der Waals surface area contributed by atoms with Gasteiger partial charge >= 0.3 is 6.03 Å². The lowest BCUT2D eigenvalue weighted by Gasteiger charge is -2.21. The minimum atomic E-state index is -0.460. The summed E-state index contributed by atoms with van der Waals surface area (Å²) in [5.74, 6) is -0.859. The SMILES string of the molecule is CC(CO)C(C)NC(=O)CN1C(=O)CN(C)C1=O. The van der Waals surface area contributed by atoms with Gasteiger partial charge in [0.25, 0.3) is 5.91 Å². The molecule has 0 saturated carbocycles. The summed E-state index contributed by atoms with van der Waals surface area (Å²) in [5, 5.41) is 11.6. The molecule has 4 amide bonds. The molecule has 0 bridgehead atoms. The summed E-state index contributed by atoms with van der Waals surface area (Å²) in [5.41, 5.74) is 0. The van der Waals surface area contributed by atoms with E-state index < -0.39 is 11.9 Å². The molecular weight excluding hydrogens is 238 g/mol. The molecule has 0 spiro atoms. The zero-order valence-corrected chi connectivity index (χ0v) is 10.8. The minimum absolute atomic E-state index is 0.00864. The smallest absolute Gasteiger partial charge is 0.327 e. The number of likely N-dealkylation sites (N-methyl/N-ethyl adjacent to an activating group) is 1. The van der Waals surface area contributed by atoms with Crippen molar-refractivity contribution in [2.75, 3.05) is 26.7 Å². The van der Waals surface area contributed by atoms with Crippen molar-refractivity contribution >= 4 is 17.8 Å². The number of aliphatic hydroxyl groups is 1. The topological polar surface area (TPSA) is 89.9 Å². The average Bonchev–Trinajstić information content (AvgIpc) is 2.54. The molecule has 2 unspecified atom stereocenters. The van der Waals surface area contributed by atoms with E-state index in [0.717, 1.165) is 4.90 Å². The normalized spacial score (nSPS) is 19.1. The van der Waals surface area contributed by atoms with E-state index in [-0.39, 0.29) is 37.6 Å². The van der Waals surface area contributed by atoms with Crippen molar-refractivity contribution in [1.82, 2.24) is 15.1 Å². The number of urea groups is 1. The summed E-state index contributed by atoms with van der Waals surface area (Å²) >= 11 is 0. The third-order valence-corrected chi connectivity index (χ3v) is 3.06. The van der Waals surface area contributed by atoms with E-state index in [1.165, 1.54) is 11.9 Å². The first-order chi connectivity index (χ1) is 8.36. The van der Waals surface area contributed by atoms with Gasteiger partial charge in [-0.3, -0.25) is 14.5 Å². The van der Waals surface area contributed by atoms with E-state index in [1.807, 2.05) is 0 Å². The maximum absolute atomic E-state index is 11.7. The Kier molecular flexibility index (Phi) is 4.66. The number of hydrogen-bond acceptors (Lipinski definition) is 4. The van der Waals surface area contributed by atoms with Gasteiger partial charge < -0.3 is 15.3 Å². The lowest BCUT2D eigenvalue weighted by atomic mass is 10.1. The molecule has 18 heavy (non-hydrogen) atoms. The molecule has 0 aromatic carbocycles. The molecule has 0 aliphatic carbocycles. The fraction of sp³-hybridized carbons (Fsp3) is 0.727. The molecule has 1 fully saturated rings. The van der Waals surface area contributed by atoms with Crippen LogP contribution < -0.4 is 5.32 Å². The molecule has 1 heterocycles. The number of carbonyl (C=O) groups excluding carboxylic acids is 3. The van der Waals surface area contributed by atoms with E-state index in [0.29, 0.717) is 0 Å². The summed E-state index contributed by atoms with van der Waals surface area (Å²) in [6, 6.07) is -0.675. The molecule has 7 nitrogen and oxygen atoms in total. The molecule has 102 valence electrons. The Labute approximate surface area is 106 Å². The molecule has 0 radical (unpaired) electrons. The van der Waals surface area contributed by atoms with Crippen LogP contribution in [-0.4, -0.2) is 65.5 Å². The van der Waals surface area contributed by atoms with E-state index >= 15 is 0 Å². The number of rotatable bonds is 5. The van der Waals surface area contributed by atoms with Crippen molar-refractivity contribution in [1.29, 1.82) is 0 Å². The highest BCUT2D eigenvalue weighted by Crippen LogP contribution is 2.07. The lowest BCUT2D eigenvalue weighted by molar-refractivity contribution is -0.131. The molecule has 1 saturated heterocycles. The standard InChI is InChI=1S/C11H19N3O4/c1-7(6-15)8(2)12-9(16)4-14-10(17)5-13(3)11(14)18/h7-8,15H,4-6H2,1-3H3,(H,12,16). The monoisotopic (exact) mass is 257 g/mol. The summed E-state index contributed by atoms with van der Waals surface area (Å²) in [6.45, 7) is 3.26. The Bertz CT molecular complexity index is 358. The van der Waals surface area contributed by atoms with Crippen LogP contribution in [0.5, 0.6) is 0 Å². The Morgan fingerprint density at radius 3 is 2.50 bits per heavy atom. The van der Waals surface area contributed by atoms with E-state index in [1.54, 1.807) is 13.8 Å². The van der Waals surface area contributed by atoms with Crippen LogP contribution in [0.2, 0.25) is 0 Å². The highest BCUT2D eigenvalue weighted by Gasteiger charge is 2.34. The molecule has 0 aromatic rings. The van der Waals surface area contributed by atoms with Crippen LogP contribution in [0, 0.1) is 5.92 Å². The maximum Gasteiger partial charge on any atom is 0.327 e. The summed E-state index contributed by atoms with van der Waals surface area (Å²) in [7, 11) is 1.51. The van der Waals surface area contributed by atoms with Gasteiger partial charge in [0.1, 0.15) is 13.1 Å². The van der Waals surface area contributed by atoms with Crippen molar-refractivity contribution in [3.63, 3.8) is 0 Å². The van der Waals surface area contributed by atoms with Gasteiger partial charge in [0, 0.05) is 19.7 Å². The van der Waals surface area contributed by atoms with Crippen molar-refractivity contribution < 1.29 is 19.5 Å². The van der Waals surface area contributed by atoms with Gasteiger partial charge in [-0.15, -0.1) is 0 Å². The number of nitrogens with one attached hydrogen (secondary N) is 1. The van der Waals surface area contributed by atoms with Gasteiger partial charge in [0.05, 0.1) is 0 Å². The van der Waals surface area contributed by atoms with Crippen LogP contribution in [0.15, 0.2) is 0 Å². The predicted molar refractivity (Wildman–Crippen MR) is 63.6 cm³/mol. The minimum Gasteiger partial charge on any atom is -0.396 e. The number of amides is 4. The van der Waals surface area contributed by atoms with Crippen LogP contribution in [0.4, 0.5) is 4.79 Å². The number of aliphatic hydroxyl groups excluding tert-OH is 1. The molecular formula is C11H19N3O4. The van der Waals surface area contributed by atoms with Gasteiger partial charge in [0.2, 0.25) is 5.91 Å². The van der Waals surface area contributed by atoms with E-state index in [4.69, 9.17) is 5.11 Å². The number of nitrogens with zero attached hydrogens (tertiary/aromatic N) is 2. The fourth-order valence-electron chi connectivity index (χ4n) is 1.57. The van der Waals surface area contributed by atoms with Crippen LogP contribution in [0.25, 0.3) is 0 Å². The first-order valence-corrected chi connectivity index (χ1v) is 5.82. The molecule has 1 aliphatic heterocycles. The third kappa shape index (κ3) is 3.19. The third-order valence-electron chi connectivity index (χ3n) is 3.06. The average molecular weight is 257 g/mol. The van der Waals surface area contributed by atoms with Crippen LogP contribution in [0.1, 0.15) is 13.8 Å². The molecule has 2 atom stereocenters. The Morgan fingerprint density at radius 1 is 1.44 bits per heavy atom. The number of hydrogen-bond donors (Lipinski definition) is 2. The summed E-state index contributed by atoms with van der Waals surface area (Å²) in [4.78, 5) is 36.8. The fourth-order valence-corrected chi connectivity index (χ4v) is 1.57. The largest absolute Gasteiger partial charge is 0.396 e. The van der Waals surface area contributed by atoms with Crippen LogP contribution >= 0.6 is 0 Å². The molecule has 1 rings (SSSR count). The first kappa shape index (κ1) is 14.4. The van der Waals surface area contributed by atoms with Gasteiger partial charge in [-0.05, 0) is 12.8 Å². The Morgan fingerprint density at radius 2 is 2.06 bits per heavy atom. The van der Waals surface area contributed by atoms with Crippen molar-refractivity contribution in [2.24, 2.45) is 5.92 Å². The highest BCUT2D eigenvalue weighted by molar-refractivity contribution is 6.04. The zero-order chi connectivity index (χ0) is 13.9. The Balaban J connectivity index is 2.50. The van der Waals surface area contributed by atoms with E-state index in [9.17, 15) is 14.4 Å². The van der Waals surface area contributed by atoms with Crippen molar-refractivity contribution in [2.45, 2.75) is 19.9 Å². The Hall–Kier alpha value is -1.63. The molecule has 0 aromatic heterocycles. The molecule has 1 aliphatic rings. The second-order valence-corrected chi connectivity index (χ2v) is 4.63. The number of imide groups is 1. The second-order valence-electron chi connectivity index (χ2n) is 4.63.